The summed E-state index contributed by atoms with van der Waals surface area (Å²) in [5.41, 5.74) is 1.18. The molecule has 2 nitrogen and oxygen atoms in total. The van der Waals surface area contributed by atoms with Gasteiger partial charge in [0.25, 0.3) is 0 Å². The van der Waals surface area contributed by atoms with Gasteiger partial charge < -0.3 is 10.1 Å². The minimum atomic E-state index is -4.25. The number of alkyl halides is 3. The number of hydrogen-bond donors (Lipinski definition) is 1. The van der Waals surface area contributed by atoms with E-state index >= 15 is 0 Å². The van der Waals surface area contributed by atoms with Gasteiger partial charge in [0.05, 0.1) is 10.9 Å². The van der Waals surface area contributed by atoms with E-state index < -0.39 is 12.8 Å². The van der Waals surface area contributed by atoms with Crippen LogP contribution in [0.4, 0.5) is 13.2 Å². The quantitative estimate of drug-likeness (QED) is 0.840. The van der Waals surface area contributed by atoms with Crippen LogP contribution < -0.4 is 5.32 Å². The molecule has 1 atom stereocenters. The van der Waals surface area contributed by atoms with Crippen LogP contribution in [0, 0.1) is 0 Å². The van der Waals surface area contributed by atoms with Crippen molar-refractivity contribution in [3.05, 3.63) is 20.8 Å². The van der Waals surface area contributed by atoms with Crippen molar-refractivity contribution in [2.24, 2.45) is 0 Å². The summed E-state index contributed by atoms with van der Waals surface area (Å²) < 4.78 is 40.8. The van der Waals surface area contributed by atoms with E-state index in [2.05, 4.69) is 10.1 Å². The van der Waals surface area contributed by atoms with Crippen molar-refractivity contribution in [3.8, 4) is 0 Å². The van der Waals surface area contributed by atoms with Crippen molar-refractivity contribution in [1.29, 1.82) is 0 Å². The van der Waals surface area contributed by atoms with Gasteiger partial charge in [-0.3, -0.25) is 0 Å². The van der Waals surface area contributed by atoms with Gasteiger partial charge >= 0.3 is 6.18 Å². The minimum Gasteiger partial charge on any atom is -0.371 e. The first kappa shape index (κ1) is 14.1. The Labute approximate surface area is 112 Å². The van der Waals surface area contributed by atoms with Crippen molar-refractivity contribution in [1.82, 2.24) is 5.32 Å². The van der Waals surface area contributed by atoms with Crippen LogP contribution in [0.5, 0.6) is 0 Å². The lowest BCUT2D eigenvalue weighted by molar-refractivity contribution is -0.173. The van der Waals surface area contributed by atoms with Crippen LogP contribution in [0.3, 0.4) is 0 Å². The van der Waals surface area contributed by atoms with Gasteiger partial charge in [0.1, 0.15) is 6.61 Å². The molecule has 1 N–H and O–H groups in total. The zero-order valence-corrected chi connectivity index (χ0v) is 11.1. The van der Waals surface area contributed by atoms with Crippen LogP contribution >= 0.6 is 22.9 Å². The highest BCUT2D eigenvalue weighted by atomic mass is 35.5. The van der Waals surface area contributed by atoms with E-state index in [9.17, 15) is 13.2 Å². The van der Waals surface area contributed by atoms with Gasteiger partial charge in [-0.1, -0.05) is 11.6 Å². The number of fused-ring (bicyclic) bond motifs is 1. The molecule has 0 spiro atoms. The molecular formula is C11H13ClF3NOS. The van der Waals surface area contributed by atoms with E-state index in [1.165, 1.54) is 10.4 Å². The summed E-state index contributed by atoms with van der Waals surface area (Å²) in [6.07, 6.45) is -2.30. The lowest BCUT2D eigenvalue weighted by Crippen LogP contribution is -2.26. The summed E-state index contributed by atoms with van der Waals surface area (Å²) in [4.78, 5) is 1.27. The van der Waals surface area contributed by atoms with Gasteiger partial charge in [-0.15, -0.1) is 11.3 Å². The van der Waals surface area contributed by atoms with Gasteiger partial charge in [0.15, 0.2) is 0 Å². The zero-order chi connectivity index (χ0) is 13.2. The molecule has 0 aromatic carbocycles. The molecule has 0 bridgehead atoms. The highest BCUT2D eigenvalue weighted by molar-refractivity contribution is 7.16. The van der Waals surface area contributed by atoms with Crippen LogP contribution in [0.25, 0.3) is 0 Å². The van der Waals surface area contributed by atoms with E-state index in [4.69, 9.17) is 11.6 Å². The molecule has 0 amide bonds. The molecule has 18 heavy (non-hydrogen) atoms. The first-order valence-corrected chi connectivity index (χ1v) is 6.81. The maximum absolute atomic E-state index is 11.8. The second-order valence-electron chi connectivity index (χ2n) is 4.14. The van der Waals surface area contributed by atoms with Gasteiger partial charge in [0.2, 0.25) is 0 Å². The molecule has 1 aromatic heterocycles. The number of hydrogen-bond acceptors (Lipinski definition) is 3. The normalized spacial score (nSPS) is 19.2. The molecule has 0 saturated carbocycles. The number of ether oxygens (including phenoxy) is 1. The van der Waals surface area contributed by atoms with E-state index in [-0.39, 0.29) is 12.6 Å². The van der Waals surface area contributed by atoms with Gasteiger partial charge in [-0.2, -0.15) is 13.2 Å². The molecule has 2 rings (SSSR count). The average molecular weight is 300 g/mol. The van der Waals surface area contributed by atoms with Gasteiger partial charge in [-0.05, 0) is 24.5 Å². The first-order valence-electron chi connectivity index (χ1n) is 5.62. The van der Waals surface area contributed by atoms with E-state index in [0.717, 1.165) is 17.2 Å². The molecule has 0 fully saturated rings. The topological polar surface area (TPSA) is 21.3 Å². The number of nitrogens with one attached hydrogen (secondary N) is 1. The van der Waals surface area contributed by atoms with E-state index in [1.807, 2.05) is 6.07 Å². The number of halogens is 4. The lowest BCUT2D eigenvalue weighted by Gasteiger charge is -2.13. The third-order valence-corrected chi connectivity index (χ3v) is 4.09. The highest BCUT2D eigenvalue weighted by Crippen LogP contribution is 2.39. The third-order valence-electron chi connectivity index (χ3n) is 2.75. The van der Waals surface area contributed by atoms with Crippen molar-refractivity contribution in [2.75, 3.05) is 19.8 Å². The second kappa shape index (κ2) is 5.77. The lowest BCUT2D eigenvalue weighted by atomic mass is 10.2. The Morgan fingerprint density at radius 2 is 2.28 bits per heavy atom. The van der Waals surface area contributed by atoms with Crippen LogP contribution in [0.2, 0.25) is 4.34 Å². The first-order chi connectivity index (χ1) is 8.46. The van der Waals surface area contributed by atoms with Gasteiger partial charge in [-0.25, -0.2) is 0 Å². The maximum atomic E-state index is 11.8. The van der Waals surface area contributed by atoms with Crippen molar-refractivity contribution in [2.45, 2.75) is 25.1 Å². The van der Waals surface area contributed by atoms with Crippen LogP contribution in [0.1, 0.15) is 22.9 Å². The second-order valence-corrected chi connectivity index (χ2v) is 5.91. The van der Waals surface area contributed by atoms with Gasteiger partial charge in [0, 0.05) is 17.5 Å². The Hall–Kier alpha value is -0.300. The molecule has 1 aromatic rings. The van der Waals surface area contributed by atoms with E-state index in [0.29, 0.717) is 6.54 Å². The summed E-state index contributed by atoms with van der Waals surface area (Å²) >= 11 is 7.49. The average Bonchev–Trinajstić information content (AvgIpc) is 2.76. The molecule has 0 aliphatic heterocycles. The molecular weight excluding hydrogens is 287 g/mol. The Bertz CT molecular complexity index is 407. The standard InChI is InChI=1S/C11H13ClF3NOS/c12-10-5-7-8(1-2-9(7)18-10)16-3-4-17-6-11(13,14)15/h5,8,16H,1-4,6H2. The smallest absolute Gasteiger partial charge is 0.371 e. The number of thiophene rings is 1. The summed E-state index contributed by atoms with van der Waals surface area (Å²) in [6, 6.07) is 2.13. The Morgan fingerprint density at radius 1 is 1.50 bits per heavy atom. The van der Waals surface area contributed by atoms with Crippen molar-refractivity contribution >= 4 is 22.9 Å². The number of rotatable bonds is 5. The fourth-order valence-electron chi connectivity index (χ4n) is 2.04. The van der Waals surface area contributed by atoms with Crippen LogP contribution in [-0.2, 0) is 11.2 Å². The monoisotopic (exact) mass is 299 g/mol. The Morgan fingerprint density at radius 3 is 3.00 bits per heavy atom. The molecule has 1 aliphatic rings. The molecule has 102 valence electrons. The zero-order valence-electron chi connectivity index (χ0n) is 9.52. The molecule has 1 unspecified atom stereocenters. The Kier molecular flexibility index (Phi) is 4.53. The van der Waals surface area contributed by atoms with Crippen molar-refractivity contribution < 1.29 is 17.9 Å². The summed E-state index contributed by atoms with van der Waals surface area (Å²) in [7, 11) is 0. The molecule has 7 heteroatoms. The predicted octanol–water partition coefficient (Wildman–Crippen LogP) is 3.56. The molecule has 0 radical (unpaired) electrons. The summed E-state index contributed by atoms with van der Waals surface area (Å²) in [5.74, 6) is 0. The molecule has 1 aliphatic carbocycles. The largest absolute Gasteiger partial charge is 0.411 e. The fraction of sp³-hybridized carbons (Fsp3) is 0.636. The fourth-order valence-corrected chi connectivity index (χ4v) is 3.39. The number of aryl methyl sites for hydroxylation is 1. The molecule has 0 saturated heterocycles. The third kappa shape index (κ3) is 3.85. The van der Waals surface area contributed by atoms with Crippen LogP contribution in [0.15, 0.2) is 6.07 Å². The Balaban J connectivity index is 1.69. The SMILES string of the molecule is FC(F)(F)COCCNC1CCc2sc(Cl)cc21. The minimum absolute atomic E-state index is 0.0587. The maximum Gasteiger partial charge on any atom is 0.411 e. The van der Waals surface area contributed by atoms with E-state index in [1.54, 1.807) is 11.3 Å². The van der Waals surface area contributed by atoms with Crippen LogP contribution in [-0.4, -0.2) is 25.9 Å². The summed E-state index contributed by atoms with van der Waals surface area (Å²) in [5, 5.41) is 3.19. The highest BCUT2D eigenvalue weighted by Gasteiger charge is 2.27. The summed E-state index contributed by atoms with van der Waals surface area (Å²) in [6.45, 7) is -0.717. The van der Waals surface area contributed by atoms with Crippen molar-refractivity contribution in [3.63, 3.8) is 0 Å². The molecule has 1 heterocycles. The predicted molar refractivity (Wildman–Crippen MR) is 65.3 cm³/mol.